The third-order valence-electron chi connectivity index (χ3n) is 1.84. The molecule has 0 aliphatic rings. The predicted molar refractivity (Wildman–Crippen MR) is 64.7 cm³/mol. The monoisotopic (exact) mass is 245 g/mol. The molecule has 1 atom stereocenters. The maximum absolute atomic E-state index is 11.5. The zero-order valence-corrected chi connectivity index (χ0v) is 11.3. The van der Waals surface area contributed by atoms with Crippen LogP contribution >= 0.6 is 0 Å². The Morgan fingerprint density at radius 2 is 1.82 bits per heavy atom. The van der Waals surface area contributed by atoms with Crippen LogP contribution in [-0.2, 0) is 14.3 Å². The number of hydrogen-bond acceptors (Lipinski definition) is 4. The Bertz CT molecular complexity index is 258. The van der Waals surface area contributed by atoms with Gasteiger partial charge in [-0.15, -0.1) is 0 Å². The highest BCUT2D eigenvalue weighted by atomic mass is 16.6. The summed E-state index contributed by atoms with van der Waals surface area (Å²) in [5.41, 5.74) is -0.574. The fraction of sp³-hybridized carbons (Fsp3) is 0.833. The number of carbonyl (C=O) groups excluding carboxylic acids is 2. The highest BCUT2D eigenvalue weighted by molar-refractivity contribution is 5.81. The maximum atomic E-state index is 11.5. The lowest BCUT2D eigenvalue weighted by molar-refractivity contribution is -0.145. The lowest BCUT2D eigenvalue weighted by atomic mass is 10.1. The normalized spacial score (nSPS) is 12.8. The summed E-state index contributed by atoms with van der Waals surface area (Å²) in [6, 6.07) is -0.630. The molecule has 0 bridgehead atoms. The summed E-state index contributed by atoms with van der Waals surface area (Å²) in [4.78, 5) is 23.1. The van der Waals surface area contributed by atoms with Gasteiger partial charge in [-0.05, 0) is 34.1 Å². The van der Waals surface area contributed by atoms with Crippen LogP contribution in [0.2, 0.25) is 0 Å². The van der Waals surface area contributed by atoms with E-state index < -0.39 is 23.7 Å². The van der Waals surface area contributed by atoms with Gasteiger partial charge < -0.3 is 14.8 Å². The number of ether oxygens (including phenoxy) is 2. The van der Waals surface area contributed by atoms with E-state index in [4.69, 9.17) is 9.47 Å². The second-order valence-corrected chi connectivity index (χ2v) is 4.74. The first-order valence-corrected chi connectivity index (χ1v) is 5.96. The largest absolute Gasteiger partial charge is 0.464 e. The molecule has 0 spiro atoms. The fourth-order valence-electron chi connectivity index (χ4n) is 1.23. The van der Waals surface area contributed by atoms with Crippen LogP contribution in [0.1, 0.15) is 47.5 Å². The molecule has 5 nitrogen and oxygen atoms in total. The van der Waals surface area contributed by atoms with E-state index in [1.54, 1.807) is 27.7 Å². The van der Waals surface area contributed by atoms with E-state index >= 15 is 0 Å². The van der Waals surface area contributed by atoms with Gasteiger partial charge in [0, 0.05) is 0 Å². The summed E-state index contributed by atoms with van der Waals surface area (Å²) in [6.45, 7) is 9.27. The van der Waals surface area contributed by atoms with E-state index in [9.17, 15) is 9.59 Å². The first-order chi connectivity index (χ1) is 7.80. The standard InChI is InChI=1S/C12H23NO4/c1-6-8-9(10(14)16-7-2)13-11(15)17-12(3,4)5/h9H,6-8H2,1-5H3,(H,13,15)/t9-/m0/s1. The van der Waals surface area contributed by atoms with E-state index in [2.05, 4.69) is 5.32 Å². The lowest BCUT2D eigenvalue weighted by Gasteiger charge is -2.22. The first kappa shape index (κ1) is 15.7. The molecule has 0 fully saturated rings. The van der Waals surface area contributed by atoms with Gasteiger partial charge in [0.2, 0.25) is 0 Å². The molecule has 0 aliphatic heterocycles. The van der Waals surface area contributed by atoms with Crippen LogP contribution in [0.15, 0.2) is 0 Å². The molecule has 100 valence electrons. The van der Waals surface area contributed by atoms with Crippen LogP contribution in [-0.4, -0.2) is 30.3 Å². The quantitative estimate of drug-likeness (QED) is 0.754. The van der Waals surface area contributed by atoms with Gasteiger partial charge in [-0.25, -0.2) is 9.59 Å². The van der Waals surface area contributed by atoms with Gasteiger partial charge >= 0.3 is 12.1 Å². The van der Waals surface area contributed by atoms with Gasteiger partial charge in [-0.1, -0.05) is 13.3 Å². The van der Waals surface area contributed by atoms with Crippen molar-refractivity contribution in [1.82, 2.24) is 5.32 Å². The number of hydrogen-bond donors (Lipinski definition) is 1. The summed E-state index contributed by atoms with van der Waals surface area (Å²) in [7, 11) is 0. The van der Waals surface area contributed by atoms with Crippen LogP contribution in [0.5, 0.6) is 0 Å². The topological polar surface area (TPSA) is 64.6 Å². The molecule has 1 N–H and O–H groups in total. The molecule has 0 aromatic carbocycles. The van der Waals surface area contributed by atoms with Crippen LogP contribution in [0, 0.1) is 0 Å². The van der Waals surface area contributed by atoms with Crippen molar-refractivity contribution in [3.63, 3.8) is 0 Å². The SMILES string of the molecule is CCC[C@H](NC(=O)OC(C)(C)C)C(=O)OCC. The van der Waals surface area contributed by atoms with E-state index in [1.165, 1.54) is 0 Å². The molecular weight excluding hydrogens is 222 g/mol. The molecule has 5 heteroatoms. The summed E-state index contributed by atoms with van der Waals surface area (Å²) in [5.74, 6) is -0.416. The minimum atomic E-state index is -0.630. The summed E-state index contributed by atoms with van der Waals surface area (Å²) in [5, 5.41) is 2.52. The van der Waals surface area contributed by atoms with Crippen molar-refractivity contribution < 1.29 is 19.1 Å². The van der Waals surface area contributed by atoms with Gasteiger partial charge in [-0.3, -0.25) is 0 Å². The molecule has 0 rings (SSSR count). The highest BCUT2D eigenvalue weighted by Gasteiger charge is 2.24. The van der Waals surface area contributed by atoms with Gasteiger partial charge in [0.05, 0.1) is 6.61 Å². The van der Waals surface area contributed by atoms with Crippen LogP contribution < -0.4 is 5.32 Å². The number of nitrogens with one attached hydrogen (secondary N) is 1. The van der Waals surface area contributed by atoms with Crippen molar-refractivity contribution in [3.05, 3.63) is 0 Å². The number of esters is 1. The number of rotatable bonds is 5. The number of alkyl carbamates (subject to hydrolysis) is 1. The summed E-state index contributed by atoms with van der Waals surface area (Å²) < 4.78 is 9.96. The minimum Gasteiger partial charge on any atom is -0.464 e. The predicted octanol–water partition coefficient (Wildman–Crippen LogP) is 2.24. The molecule has 0 unspecified atom stereocenters. The molecule has 0 saturated heterocycles. The molecule has 17 heavy (non-hydrogen) atoms. The Morgan fingerprint density at radius 3 is 2.24 bits per heavy atom. The van der Waals surface area contributed by atoms with Crippen molar-refractivity contribution >= 4 is 12.1 Å². The van der Waals surface area contributed by atoms with Crippen LogP contribution in [0.3, 0.4) is 0 Å². The molecular formula is C12H23NO4. The smallest absolute Gasteiger partial charge is 0.408 e. The fourth-order valence-corrected chi connectivity index (χ4v) is 1.23. The second kappa shape index (κ2) is 7.14. The van der Waals surface area contributed by atoms with E-state index in [0.29, 0.717) is 13.0 Å². The Kier molecular flexibility index (Phi) is 6.61. The molecule has 0 aliphatic carbocycles. The van der Waals surface area contributed by atoms with Gasteiger partial charge in [0.15, 0.2) is 0 Å². The second-order valence-electron chi connectivity index (χ2n) is 4.74. The third kappa shape index (κ3) is 7.60. The van der Waals surface area contributed by atoms with E-state index in [0.717, 1.165) is 6.42 Å². The summed E-state index contributed by atoms with van der Waals surface area (Å²) >= 11 is 0. The molecule has 0 aromatic heterocycles. The van der Waals surface area contributed by atoms with Crippen molar-refractivity contribution in [2.75, 3.05) is 6.61 Å². The van der Waals surface area contributed by atoms with Crippen molar-refractivity contribution in [2.24, 2.45) is 0 Å². The van der Waals surface area contributed by atoms with Crippen molar-refractivity contribution in [2.45, 2.75) is 59.1 Å². The Balaban J connectivity index is 4.34. The maximum Gasteiger partial charge on any atom is 0.408 e. The molecule has 0 saturated carbocycles. The van der Waals surface area contributed by atoms with Crippen molar-refractivity contribution in [1.29, 1.82) is 0 Å². The molecule has 0 aromatic rings. The van der Waals surface area contributed by atoms with E-state index in [-0.39, 0.29) is 0 Å². The van der Waals surface area contributed by atoms with Crippen LogP contribution in [0.25, 0.3) is 0 Å². The Labute approximate surface area is 103 Å². The summed E-state index contributed by atoms with van der Waals surface area (Å²) in [6.07, 6.45) is 0.723. The third-order valence-corrected chi connectivity index (χ3v) is 1.84. The van der Waals surface area contributed by atoms with Gasteiger partial charge in [-0.2, -0.15) is 0 Å². The molecule has 1 amide bonds. The van der Waals surface area contributed by atoms with Gasteiger partial charge in [0.1, 0.15) is 11.6 Å². The van der Waals surface area contributed by atoms with E-state index in [1.807, 2.05) is 6.92 Å². The Hall–Kier alpha value is -1.26. The van der Waals surface area contributed by atoms with Crippen LogP contribution in [0.4, 0.5) is 4.79 Å². The zero-order chi connectivity index (χ0) is 13.5. The average Bonchev–Trinajstić information content (AvgIpc) is 2.14. The van der Waals surface area contributed by atoms with Crippen molar-refractivity contribution in [3.8, 4) is 0 Å². The average molecular weight is 245 g/mol. The first-order valence-electron chi connectivity index (χ1n) is 5.96. The molecule has 0 heterocycles. The molecule has 0 radical (unpaired) electrons. The minimum absolute atomic E-state index is 0.301. The van der Waals surface area contributed by atoms with Gasteiger partial charge in [0.25, 0.3) is 0 Å². The Morgan fingerprint density at radius 1 is 1.24 bits per heavy atom. The number of carbonyl (C=O) groups is 2. The highest BCUT2D eigenvalue weighted by Crippen LogP contribution is 2.08. The number of amides is 1. The lowest BCUT2D eigenvalue weighted by Crippen LogP contribution is -2.44. The zero-order valence-electron chi connectivity index (χ0n) is 11.3.